The molecule has 4 rings (SSSR count). The molecule has 26 heavy (non-hydrogen) atoms. The van der Waals surface area contributed by atoms with E-state index >= 15 is 0 Å². The Morgan fingerprint density at radius 1 is 1.19 bits per heavy atom. The summed E-state index contributed by atoms with van der Waals surface area (Å²) >= 11 is 7.69. The smallest absolute Gasteiger partial charge is 0.149 e. The second-order valence-corrected chi connectivity index (χ2v) is 7.77. The Hall–Kier alpha value is -1.93. The van der Waals surface area contributed by atoms with Gasteiger partial charge in [0.25, 0.3) is 0 Å². The van der Waals surface area contributed by atoms with E-state index in [9.17, 15) is 5.11 Å². The van der Waals surface area contributed by atoms with Crippen LogP contribution in [-0.4, -0.2) is 70.6 Å². The van der Waals surface area contributed by atoms with Crippen LogP contribution in [0.4, 0.5) is 0 Å². The van der Waals surface area contributed by atoms with Crippen molar-refractivity contribution in [3.05, 3.63) is 45.4 Å². The number of benzene rings is 1. The quantitative estimate of drug-likeness (QED) is 0.843. The molecule has 2 aliphatic rings. The topological polar surface area (TPSA) is 66.7 Å². The third-order valence-electron chi connectivity index (χ3n) is 4.77. The van der Waals surface area contributed by atoms with Crippen molar-refractivity contribution in [3.63, 3.8) is 0 Å². The molecule has 0 radical (unpaired) electrons. The molecule has 0 spiro atoms. The van der Waals surface area contributed by atoms with Gasteiger partial charge in [-0.15, -0.1) is 11.3 Å². The molecule has 6 nitrogen and oxygen atoms in total. The van der Waals surface area contributed by atoms with E-state index in [1.165, 1.54) is 11.3 Å². The minimum Gasteiger partial charge on any atom is -0.509 e. The lowest BCUT2D eigenvalue weighted by atomic mass is 10.2. The maximum Gasteiger partial charge on any atom is 0.149 e. The maximum atomic E-state index is 10.5. The van der Waals surface area contributed by atoms with Crippen LogP contribution in [0.15, 0.2) is 35.4 Å². The normalized spacial score (nSPS) is 19.6. The fraction of sp³-hybridized carbons (Fsp3) is 0.333. The highest BCUT2D eigenvalue weighted by molar-refractivity contribution is 7.11. The Morgan fingerprint density at radius 3 is 2.65 bits per heavy atom. The molecule has 1 aromatic carbocycles. The van der Waals surface area contributed by atoms with E-state index in [1.54, 1.807) is 0 Å². The van der Waals surface area contributed by atoms with Gasteiger partial charge in [-0.2, -0.15) is 0 Å². The molecule has 3 heterocycles. The summed E-state index contributed by atoms with van der Waals surface area (Å²) in [5, 5.41) is 26.3. The van der Waals surface area contributed by atoms with E-state index in [0.29, 0.717) is 28.0 Å². The molecule has 0 unspecified atom stereocenters. The van der Waals surface area contributed by atoms with Gasteiger partial charge in [-0.1, -0.05) is 29.8 Å². The summed E-state index contributed by atoms with van der Waals surface area (Å²) in [6.45, 7) is 3.94. The first-order valence-corrected chi connectivity index (χ1v) is 9.73. The molecule has 0 amide bonds. The van der Waals surface area contributed by atoms with Crippen LogP contribution < -0.4 is 0 Å². The largest absolute Gasteiger partial charge is 0.509 e. The minimum atomic E-state index is 0.203. The van der Waals surface area contributed by atoms with Crippen molar-refractivity contribution in [1.82, 2.24) is 19.9 Å². The van der Waals surface area contributed by atoms with Crippen LogP contribution in [0, 0.1) is 5.41 Å². The van der Waals surface area contributed by atoms with E-state index in [-0.39, 0.29) is 5.76 Å². The summed E-state index contributed by atoms with van der Waals surface area (Å²) in [7, 11) is 2.10. The Bertz CT molecular complexity index is 872. The molecule has 0 bridgehead atoms. The highest BCUT2D eigenvalue weighted by Crippen LogP contribution is 2.34. The number of amidine groups is 1. The molecular formula is C18H20ClN5OS. The first-order valence-electron chi connectivity index (χ1n) is 8.47. The number of nitrogens with zero attached hydrogens (tertiary/aromatic N) is 4. The molecule has 1 saturated heterocycles. The van der Waals surface area contributed by atoms with E-state index in [0.717, 1.165) is 37.4 Å². The van der Waals surface area contributed by atoms with Crippen molar-refractivity contribution in [3.8, 4) is 11.3 Å². The number of hydrogen-bond donors (Lipinski definition) is 2. The summed E-state index contributed by atoms with van der Waals surface area (Å²) in [5.74, 6) is 0.515. The monoisotopic (exact) mass is 389 g/mol. The summed E-state index contributed by atoms with van der Waals surface area (Å²) in [6, 6.07) is 7.56. The number of halogens is 1. The van der Waals surface area contributed by atoms with Gasteiger partial charge in [-0.05, 0) is 13.1 Å². The molecule has 2 aliphatic heterocycles. The Morgan fingerprint density at radius 2 is 1.92 bits per heavy atom. The number of piperazine rings is 1. The van der Waals surface area contributed by atoms with Gasteiger partial charge in [0.15, 0.2) is 0 Å². The third kappa shape index (κ3) is 3.12. The van der Waals surface area contributed by atoms with Crippen molar-refractivity contribution < 1.29 is 5.11 Å². The van der Waals surface area contributed by atoms with Gasteiger partial charge in [0.1, 0.15) is 16.6 Å². The standard InChI is InChI=1S/C18H20ClN5OS/c1-22-6-8-23(9-7-22)24-10-15(25)16(17(24)20)18-21-14(11-26-18)12-4-2-3-5-13(12)19/h2-5,11,20,25H,6-10H2,1H3. The van der Waals surface area contributed by atoms with E-state index in [4.69, 9.17) is 17.0 Å². The maximum absolute atomic E-state index is 10.5. The summed E-state index contributed by atoms with van der Waals surface area (Å²) in [6.07, 6.45) is 0. The second kappa shape index (κ2) is 7.00. The minimum absolute atomic E-state index is 0.203. The van der Waals surface area contributed by atoms with Gasteiger partial charge in [-0.25, -0.2) is 9.99 Å². The zero-order valence-corrected chi connectivity index (χ0v) is 16.0. The highest BCUT2D eigenvalue weighted by Gasteiger charge is 2.34. The van der Waals surface area contributed by atoms with Crippen molar-refractivity contribution in [2.24, 2.45) is 0 Å². The van der Waals surface area contributed by atoms with Crippen molar-refractivity contribution in [2.45, 2.75) is 0 Å². The van der Waals surface area contributed by atoms with Crippen LogP contribution in [0.25, 0.3) is 16.8 Å². The summed E-state index contributed by atoms with van der Waals surface area (Å²) in [4.78, 5) is 6.90. The van der Waals surface area contributed by atoms with Crippen molar-refractivity contribution >= 4 is 34.3 Å². The third-order valence-corrected chi connectivity index (χ3v) is 5.96. The number of likely N-dealkylation sites (N-methyl/N-ethyl adjacent to an activating group) is 1. The van der Waals surface area contributed by atoms with Gasteiger partial charge in [-0.3, -0.25) is 10.4 Å². The van der Waals surface area contributed by atoms with Crippen LogP contribution in [0.2, 0.25) is 5.02 Å². The Balaban J connectivity index is 1.57. The van der Waals surface area contributed by atoms with Crippen molar-refractivity contribution in [2.75, 3.05) is 39.8 Å². The number of aromatic nitrogens is 1. The van der Waals surface area contributed by atoms with Crippen LogP contribution in [0.1, 0.15) is 5.01 Å². The lowest BCUT2D eigenvalue weighted by Crippen LogP contribution is -2.53. The Kier molecular flexibility index (Phi) is 4.71. The SMILES string of the molecule is CN1CCN(N2CC(O)=C(c3nc(-c4ccccc4Cl)cs3)C2=N)CC1. The number of thiazole rings is 1. The second-order valence-electron chi connectivity index (χ2n) is 6.50. The van der Waals surface area contributed by atoms with E-state index < -0.39 is 0 Å². The predicted molar refractivity (Wildman–Crippen MR) is 106 cm³/mol. The number of hydrogen-bond acceptors (Lipinski definition) is 6. The van der Waals surface area contributed by atoms with Gasteiger partial charge in [0.05, 0.1) is 17.8 Å². The highest BCUT2D eigenvalue weighted by atomic mass is 35.5. The van der Waals surface area contributed by atoms with Gasteiger partial charge in [0, 0.05) is 42.1 Å². The number of nitrogens with one attached hydrogen (secondary N) is 1. The summed E-state index contributed by atoms with van der Waals surface area (Å²) in [5.41, 5.74) is 2.14. The fourth-order valence-electron chi connectivity index (χ4n) is 3.25. The van der Waals surface area contributed by atoms with E-state index in [2.05, 4.69) is 21.9 Å². The average molecular weight is 390 g/mol. The van der Waals surface area contributed by atoms with Crippen molar-refractivity contribution in [1.29, 1.82) is 5.41 Å². The lowest BCUT2D eigenvalue weighted by molar-refractivity contribution is 0.00796. The summed E-state index contributed by atoms with van der Waals surface area (Å²) < 4.78 is 0. The molecule has 0 atom stereocenters. The predicted octanol–water partition coefficient (Wildman–Crippen LogP) is 3.19. The van der Waals surface area contributed by atoms with Gasteiger partial charge in [0.2, 0.25) is 0 Å². The van der Waals surface area contributed by atoms with E-state index in [1.807, 2.05) is 34.7 Å². The molecule has 8 heteroatoms. The van der Waals surface area contributed by atoms with Crippen LogP contribution >= 0.6 is 22.9 Å². The molecule has 1 fully saturated rings. The molecule has 0 saturated carbocycles. The molecule has 2 N–H and O–H groups in total. The van der Waals surface area contributed by atoms with Gasteiger partial charge >= 0.3 is 0 Å². The molecule has 0 aliphatic carbocycles. The van der Waals surface area contributed by atoms with Crippen LogP contribution in [-0.2, 0) is 0 Å². The fourth-order valence-corrected chi connectivity index (χ4v) is 4.37. The van der Waals surface area contributed by atoms with Crippen LogP contribution in [0.3, 0.4) is 0 Å². The molecule has 136 valence electrons. The number of aliphatic hydroxyl groups is 1. The number of hydrazine groups is 1. The zero-order valence-electron chi connectivity index (χ0n) is 14.4. The Labute approximate surface area is 161 Å². The first-order chi connectivity index (χ1) is 12.5. The molecule has 1 aromatic heterocycles. The first kappa shape index (κ1) is 17.5. The molecule has 2 aromatic rings. The average Bonchev–Trinajstić information content (AvgIpc) is 3.21. The zero-order chi connectivity index (χ0) is 18.3. The number of rotatable bonds is 3. The lowest BCUT2D eigenvalue weighted by Gasteiger charge is -2.38. The van der Waals surface area contributed by atoms with Crippen LogP contribution in [0.5, 0.6) is 0 Å². The molecular weight excluding hydrogens is 370 g/mol. The van der Waals surface area contributed by atoms with Gasteiger partial charge < -0.3 is 10.0 Å². The number of aliphatic hydroxyl groups excluding tert-OH is 1.